The third-order valence-electron chi connectivity index (χ3n) is 4.05. The molecule has 0 bridgehead atoms. The molecule has 1 aliphatic heterocycles. The van der Waals surface area contributed by atoms with Crippen LogP contribution in [0.3, 0.4) is 0 Å². The number of nitrogens with two attached hydrogens (primary N) is 1. The summed E-state index contributed by atoms with van der Waals surface area (Å²) in [5.41, 5.74) is 12.1. The minimum atomic E-state index is 0.575. The zero-order valence-electron chi connectivity index (χ0n) is 13.9. The first kappa shape index (κ1) is 17.5. The third kappa shape index (κ3) is 3.53. The van der Waals surface area contributed by atoms with E-state index in [4.69, 9.17) is 28.9 Å². The Labute approximate surface area is 157 Å². The van der Waals surface area contributed by atoms with Gasteiger partial charge in [-0.2, -0.15) is 0 Å². The molecular weight excluding hydrogens is 353 g/mol. The first-order valence-electron chi connectivity index (χ1n) is 7.81. The van der Waals surface area contributed by atoms with Crippen LogP contribution in [0.25, 0.3) is 5.57 Å². The van der Waals surface area contributed by atoms with Gasteiger partial charge in [-0.3, -0.25) is 0 Å². The second kappa shape index (κ2) is 6.87. The van der Waals surface area contributed by atoms with E-state index in [9.17, 15) is 0 Å². The van der Waals surface area contributed by atoms with Crippen molar-refractivity contribution in [2.24, 2.45) is 0 Å². The molecule has 0 fully saturated rings. The van der Waals surface area contributed by atoms with Gasteiger partial charge in [-0.1, -0.05) is 48.5 Å². The van der Waals surface area contributed by atoms with Gasteiger partial charge in [-0.15, -0.1) is 0 Å². The normalized spacial score (nSPS) is 13.3. The van der Waals surface area contributed by atoms with Crippen molar-refractivity contribution in [3.63, 3.8) is 0 Å². The molecule has 4 N–H and O–H groups in total. The van der Waals surface area contributed by atoms with Crippen LogP contribution >= 0.6 is 23.2 Å². The molecule has 1 aliphatic rings. The number of anilines is 2. The van der Waals surface area contributed by atoms with Crippen LogP contribution in [0, 0.1) is 0 Å². The van der Waals surface area contributed by atoms with Crippen LogP contribution in [0.1, 0.15) is 18.1 Å². The minimum Gasteiger partial charge on any atom is -0.397 e. The number of rotatable bonds is 4. The highest BCUT2D eigenvalue weighted by Gasteiger charge is 2.24. The second-order valence-corrected chi connectivity index (χ2v) is 6.91. The predicted octanol–water partition coefficient (Wildman–Crippen LogP) is 5.59. The van der Waals surface area contributed by atoms with E-state index < -0.39 is 0 Å². The summed E-state index contributed by atoms with van der Waals surface area (Å²) in [7, 11) is 0. The number of halogens is 2. The van der Waals surface area contributed by atoms with E-state index in [1.165, 1.54) is 0 Å². The van der Waals surface area contributed by atoms with Gasteiger partial charge in [0.2, 0.25) is 0 Å². The lowest BCUT2D eigenvalue weighted by atomic mass is 9.90. The van der Waals surface area contributed by atoms with Crippen molar-refractivity contribution in [2.45, 2.75) is 13.5 Å². The monoisotopic (exact) mass is 371 g/mol. The summed E-state index contributed by atoms with van der Waals surface area (Å²) in [4.78, 5) is 0. The topological polar surface area (TPSA) is 50.1 Å². The summed E-state index contributed by atoms with van der Waals surface area (Å²) in [5, 5.41) is 8.07. The highest BCUT2D eigenvalue weighted by molar-refractivity contribution is 6.31. The summed E-state index contributed by atoms with van der Waals surface area (Å²) in [5.74, 6) is 0.819. The van der Waals surface area contributed by atoms with Gasteiger partial charge in [0, 0.05) is 27.7 Å². The highest BCUT2D eigenvalue weighted by atomic mass is 35.5. The molecule has 0 aliphatic carbocycles. The van der Waals surface area contributed by atoms with Crippen molar-refractivity contribution in [3.05, 3.63) is 87.7 Å². The van der Waals surface area contributed by atoms with Crippen LogP contribution in [0.15, 0.2) is 66.5 Å². The van der Waals surface area contributed by atoms with Gasteiger partial charge >= 0.3 is 0 Å². The van der Waals surface area contributed by atoms with E-state index in [1.807, 2.05) is 37.3 Å². The van der Waals surface area contributed by atoms with E-state index in [0.29, 0.717) is 22.3 Å². The van der Waals surface area contributed by atoms with E-state index >= 15 is 0 Å². The van der Waals surface area contributed by atoms with Gasteiger partial charge in [0.25, 0.3) is 0 Å². The maximum atomic E-state index is 6.15. The molecule has 1 heterocycles. The van der Waals surface area contributed by atoms with Crippen molar-refractivity contribution < 1.29 is 0 Å². The van der Waals surface area contributed by atoms with Gasteiger partial charge in [0.05, 0.1) is 11.4 Å². The van der Waals surface area contributed by atoms with Crippen LogP contribution in [-0.2, 0) is 6.54 Å². The Morgan fingerprint density at radius 1 is 1.20 bits per heavy atom. The summed E-state index contributed by atoms with van der Waals surface area (Å²) in [6.45, 7) is 10.9. The standard InChI is InChI=1S/C20H19Cl2N3/c1-11(2)18-12(3)16-8-15(22)9-17(23)19(16)25-20(18)24-10-13-5-4-6-14(21)7-13/h4-9,24-25H,1,3,10,23H2,2H3. The van der Waals surface area contributed by atoms with Gasteiger partial charge in [0.15, 0.2) is 0 Å². The van der Waals surface area contributed by atoms with Crippen molar-refractivity contribution in [2.75, 3.05) is 11.1 Å². The van der Waals surface area contributed by atoms with E-state index in [2.05, 4.69) is 23.8 Å². The zero-order valence-corrected chi connectivity index (χ0v) is 15.4. The summed E-state index contributed by atoms with van der Waals surface area (Å²) < 4.78 is 0. The summed E-state index contributed by atoms with van der Waals surface area (Å²) in [6, 6.07) is 11.3. The molecule has 0 saturated carbocycles. The quantitative estimate of drug-likeness (QED) is 0.613. The lowest BCUT2D eigenvalue weighted by Gasteiger charge is -2.29. The SMILES string of the molecule is C=C(C)C1=C(NCc2cccc(Cl)c2)Nc2c(N)cc(Cl)cc2C1=C. The van der Waals surface area contributed by atoms with Crippen LogP contribution in [0.4, 0.5) is 11.4 Å². The van der Waals surface area contributed by atoms with E-state index in [-0.39, 0.29) is 0 Å². The largest absolute Gasteiger partial charge is 0.397 e. The molecule has 0 unspecified atom stereocenters. The van der Waals surface area contributed by atoms with Gasteiger partial charge in [-0.25, -0.2) is 0 Å². The molecule has 0 aromatic heterocycles. The first-order valence-corrected chi connectivity index (χ1v) is 8.56. The number of nitrogens with one attached hydrogen (secondary N) is 2. The molecule has 3 nitrogen and oxygen atoms in total. The highest BCUT2D eigenvalue weighted by Crippen LogP contribution is 2.42. The molecule has 3 rings (SSSR count). The second-order valence-electron chi connectivity index (χ2n) is 6.03. The van der Waals surface area contributed by atoms with Gasteiger partial charge < -0.3 is 16.4 Å². The smallest absolute Gasteiger partial charge is 0.112 e. The number of hydrogen-bond donors (Lipinski definition) is 3. The molecule has 0 spiro atoms. The van der Waals surface area contributed by atoms with Crippen LogP contribution in [0.2, 0.25) is 10.0 Å². The summed E-state index contributed by atoms with van der Waals surface area (Å²) >= 11 is 12.2. The Balaban J connectivity index is 1.97. The molecule has 5 heteroatoms. The zero-order chi connectivity index (χ0) is 18.1. The Morgan fingerprint density at radius 2 is 1.96 bits per heavy atom. The van der Waals surface area contributed by atoms with Crippen molar-refractivity contribution >= 4 is 40.1 Å². The average Bonchev–Trinajstić information content (AvgIpc) is 2.53. The minimum absolute atomic E-state index is 0.575. The first-order chi connectivity index (χ1) is 11.9. The van der Waals surface area contributed by atoms with Crippen LogP contribution < -0.4 is 16.4 Å². The fraction of sp³-hybridized carbons (Fsp3) is 0.100. The Morgan fingerprint density at radius 3 is 2.64 bits per heavy atom. The molecule has 0 saturated heterocycles. The maximum Gasteiger partial charge on any atom is 0.112 e. The lowest BCUT2D eigenvalue weighted by Crippen LogP contribution is -2.26. The molecule has 0 radical (unpaired) electrons. The van der Waals surface area contributed by atoms with Gasteiger partial charge in [-0.05, 0) is 47.9 Å². The molecular formula is C20H19Cl2N3. The van der Waals surface area contributed by atoms with E-state index in [0.717, 1.165) is 39.4 Å². The van der Waals surface area contributed by atoms with Crippen LogP contribution in [0.5, 0.6) is 0 Å². The van der Waals surface area contributed by atoms with Crippen LogP contribution in [-0.4, -0.2) is 0 Å². The summed E-state index contributed by atoms with van der Waals surface area (Å²) in [6.07, 6.45) is 0. The number of fused-ring (bicyclic) bond motifs is 1. The fourth-order valence-electron chi connectivity index (χ4n) is 2.92. The number of allylic oxidation sites excluding steroid dienone is 3. The predicted molar refractivity (Wildman–Crippen MR) is 109 cm³/mol. The molecule has 2 aromatic carbocycles. The van der Waals surface area contributed by atoms with E-state index in [1.54, 1.807) is 6.07 Å². The average molecular weight is 372 g/mol. The number of benzene rings is 2. The molecule has 2 aromatic rings. The Kier molecular flexibility index (Phi) is 4.80. The molecule has 25 heavy (non-hydrogen) atoms. The number of nitrogen functional groups attached to an aromatic ring is 1. The Bertz CT molecular complexity index is 913. The fourth-order valence-corrected chi connectivity index (χ4v) is 3.36. The molecule has 0 amide bonds. The Hall–Kier alpha value is -2.36. The van der Waals surface area contributed by atoms with Crippen molar-refractivity contribution in [1.82, 2.24) is 5.32 Å². The third-order valence-corrected chi connectivity index (χ3v) is 4.50. The van der Waals surface area contributed by atoms with Crippen molar-refractivity contribution in [3.8, 4) is 0 Å². The van der Waals surface area contributed by atoms with Crippen molar-refractivity contribution in [1.29, 1.82) is 0 Å². The van der Waals surface area contributed by atoms with Gasteiger partial charge in [0.1, 0.15) is 5.82 Å². The maximum absolute atomic E-state index is 6.15. The lowest BCUT2D eigenvalue weighted by molar-refractivity contribution is 0.808. The molecule has 128 valence electrons. The number of hydrogen-bond acceptors (Lipinski definition) is 3. The molecule has 0 atom stereocenters.